The third kappa shape index (κ3) is 3.22. The Balaban J connectivity index is 2.26. The van der Waals surface area contributed by atoms with Gasteiger partial charge in [-0.3, -0.25) is 0 Å². The van der Waals surface area contributed by atoms with Crippen molar-refractivity contribution >= 4 is 28.8 Å². The molecule has 0 saturated heterocycles. The second-order valence-electron chi connectivity index (χ2n) is 4.76. The van der Waals surface area contributed by atoms with Crippen LogP contribution in [0.5, 0.6) is 0 Å². The molecule has 0 radical (unpaired) electrons. The van der Waals surface area contributed by atoms with E-state index in [1.807, 2.05) is 6.20 Å². The monoisotopic (exact) mass is 296 g/mol. The fraction of sp³-hybridized carbons (Fsp3) is 0.462. The van der Waals surface area contributed by atoms with E-state index < -0.39 is 0 Å². The summed E-state index contributed by atoms with van der Waals surface area (Å²) in [6, 6.07) is 0.0992. The van der Waals surface area contributed by atoms with Gasteiger partial charge in [-0.1, -0.05) is 25.4 Å². The molecule has 2 aromatic heterocycles. The number of anilines is 1. The highest BCUT2D eigenvalue weighted by Gasteiger charge is 2.17. The van der Waals surface area contributed by atoms with Crippen molar-refractivity contribution in [3.8, 4) is 0 Å². The van der Waals surface area contributed by atoms with Crippen LogP contribution in [0.3, 0.4) is 0 Å². The molecular weight excluding hydrogens is 280 g/mol. The van der Waals surface area contributed by atoms with Crippen LogP contribution in [-0.2, 0) is 0 Å². The van der Waals surface area contributed by atoms with E-state index in [9.17, 15) is 0 Å². The van der Waals surface area contributed by atoms with Crippen molar-refractivity contribution < 1.29 is 0 Å². The van der Waals surface area contributed by atoms with Crippen molar-refractivity contribution in [3.63, 3.8) is 0 Å². The molecule has 0 saturated carbocycles. The Morgan fingerprint density at radius 3 is 2.53 bits per heavy atom. The van der Waals surface area contributed by atoms with E-state index in [2.05, 4.69) is 48.0 Å². The lowest BCUT2D eigenvalue weighted by Crippen LogP contribution is -2.11. The molecule has 19 heavy (non-hydrogen) atoms. The lowest BCUT2D eigenvalue weighted by molar-refractivity contribution is 0.814. The second kappa shape index (κ2) is 5.84. The summed E-state index contributed by atoms with van der Waals surface area (Å²) in [6.45, 7) is 8.27. The van der Waals surface area contributed by atoms with Crippen molar-refractivity contribution in [2.45, 2.75) is 39.7 Å². The Kier molecular flexibility index (Phi) is 4.37. The fourth-order valence-corrected chi connectivity index (χ4v) is 2.97. The summed E-state index contributed by atoms with van der Waals surface area (Å²) in [5, 5.41) is 4.93. The number of nitrogens with zero attached hydrogens (tertiary/aromatic N) is 3. The molecule has 0 aliphatic carbocycles. The van der Waals surface area contributed by atoms with Gasteiger partial charge in [-0.15, -0.1) is 11.3 Å². The largest absolute Gasteiger partial charge is 0.361 e. The van der Waals surface area contributed by atoms with E-state index in [-0.39, 0.29) is 12.0 Å². The van der Waals surface area contributed by atoms with Gasteiger partial charge in [0.05, 0.1) is 6.04 Å². The maximum Gasteiger partial charge on any atom is 0.138 e. The minimum atomic E-state index is 0.0992. The van der Waals surface area contributed by atoms with E-state index in [1.54, 1.807) is 11.3 Å². The highest BCUT2D eigenvalue weighted by Crippen LogP contribution is 2.31. The highest BCUT2D eigenvalue weighted by atomic mass is 35.5. The molecule has 0 spiro atoms. The van der Waals surface area contributed by atoms with E-state index >= 15 is 0 Å². The van der Waals surface area contributed by atoms with Gasteiger partial charge in [0, 0.05) is 16.6 Å². The predicted molar refractivity (Wildman–Crippen MR) is 80.0 cm³/mol. The minimum Gasteiger partial charge on any atom is -0.361 e. The number of aryl methyl sites for hydroxylation is 1. The molecule has 2 rings (SSSR count). The molecule has 2 heterocycles. The van der Waals surface area contributed by atoms with Crippen molar-refractivity contribution in [2.75, 3.05) is 5.32 Å². The first-order valence-electron chi connectivity index (χ1n) is 6.18. The van der Waals surface area contributed by atoms with Crippen LogP contribution in [0.15, 0.2) is 12.5 Å². The van der Waals surface area contributed by atoms with Gasteiger partial charge in [-0.05, 0) is 19.8 Å². The van der Waals surface area contributed by atoms with Crippen molar-refractivity contribution in [1.29, 1.82) is 0 Å². The van der Waals surface area contributed by atoms with Crippen molar-refractivity contribution in [3.05, 3.63) is 33.1 Å². The first kappa shape index (κ1) is 14.2. The number of nitrogens with one attached hydrogen (secondary N) is 1. The summed E-state index contributed by atoms with van der Waals surface area (Å²) in [5.41, 5.74) is 0.948. The molecular formula is C13H17ClN4S. The molecule has 2 aromatic rings. The number of thiazole rings is 1. The van der Waals surface area contributed by atoms with Gasteiger partial charge in [-0.2, -0.15) is 0 Å². The van der Waals surface area contributed by atoms with Gasteiger partial charge >= 0.3 is 0 Å². The van der Waals surface area contributed by atoms with E-state index in [4.69, 9.17) is 11.6 Å². The fourth-order valence-electron chi connectivity index (χ4n) is 1.84. The lowest BCUT2D eigenvalue weighted by atomic mass is 10.1. The minimum absolute atomic E-state index is 0.0992. The number of aromatic nitrogens is 3. The molecule has 1 unspecified atom stereocenters. The molecule has 4 nitrogen and oxygen atoms in total. The van der Waals surface area contributed by atoms with Crippen LogP contribution < -0.4 is 5.32 Å². The van der Waals surface area contributed by atoms with Gasteiger partial charge in [0.25, 0.3) is 0 Å². The van der Waals surface area contributed by atoms with Crippen LogP contribution in [0.2, 0.25) is 5.15 Å². The quantitative estimate of drug-likeness (QED) is 0.860. The zero-order valence-corrected chi connectivity index (χ0v) is 13.0. The van der Waals surface area contributed by atoms with Crippen LogP contribution in [-0.4, -0.2) is 15.0 Å². The summed E-state index contributed by atoms with van der Waals surface area (Å²) in [6.07, 6.45) is 3.37. The van der Waals surface area contributed by atoms with E-state index in [0.717, 1.165) is 16.4 Å². The summed E-state index contributed by atoms with van der Waals surface area (Å²) < 4.78 is 0. The standard InChI is InChI=1S/C13H17ClN4S/c1-7(2)10-11(14)16-6-17-12(10)18-9(4)13-15-5-8(3)19-13/h5-7,9H,1-4H3,(H,16,17,18). The number of hydrogen-bond donors (Lipinski definition) is 1. The van der Waals surface area contributed by atoms with E-state index in [0.29, 0.717) is 5.15 Å². The SMILES string of the molecule is Cc1cnc(C(C)Nc2ncnc(Cl)c2C(C)C)s1. The van der Waals surface area contributed by atoms with Crippen LogP contribution in [0.25, 0.3) is 0 Å². The van der Waals surface area contributed by atoms with Gasteiger partial charge in [0.15, 0.2) is 0 Å². The summed E-state index contributed by atoms with van der Waals surface area (Å²) in [7, 11) is 0. The average molecular weight is 297 g/mol. The maximum atomic E-state index is 6.15. The Morgan fingerprint density at radius 1 is 1.21 bits per heavy atom. The third-order valence-corrected chi connectivity index (χ3v) is 4.17. The normalized spacial score (nSPS) is 12.7. The zero-order chi connectivity index (χ0) is 14.0. The average Bonchev–Trinajstić information content (AvgIpc) is 2.75. The number of halogens is 1. The third-order valence-electron chi connectivity index (χ3n) is 2.78. The number of hydrogen-bond acceptors (Lipinski definition) is 5. The van der Waals surface area contributed by atoms with Crippen molar-refractivity contribution in [2.24, 2.45) is 0 Å². The Morgan fingerprint density at radius 2 is 1.95 bits per heavy atom. The first-order valence-corrected chi connectivity index (χ1v) is 7.37. The molecule has 0 aliphatic heterocycles. The van der Waals surface area contributed by atoms with Gasteiger partial charge in [-0.25, -0.2) is 15.0 Å². The zero-order valence-electron chi connectivity index (χ0n) is 11.4. The number of rotatable bonds is 4. The Labute approximate surface area is 122 Å². The molecule has 0 bridgehead atoms. The van der Waals surface area contributed by atoms with Gasteiger partial charge in [0.1, 0.15) is 22.3 Å². The maximum absolute atomic E-state index is 6.15. The molecule has 102 valence electrons. The molecule has 0 fully saturated rings. The molecule has 6 heteroatoms. The molecule has 0 amide bonds. The van der Waals surface area contributed by atoms with Crippen LogP contribution in [0.1, 0.15) is 48.2 Å². The summed E-state index contributed by atoms with van der Waals surface area (Å²) in [4.78, 5) is 13.9. The van der Waals surface area contributed by atoms with Crippen LogP contribution >= 0.6 is 22.9 Å². The smallest absolute Gasteiger partial charge is 0.138 e. The van der Waals surface area contributed by atoms with Crippen LogP contribution in [0.4, 0.5) is 5.82 Å². The molecule has 0 aromatic carbocycles. The van der Waals surface area contributed by atoms with E-state index in [1.165, 1.54) is 11.2 Å². The second-order valence-corrected chi connectivity index (χ2v) is 6.38. The van der Waals surface area contributed by atoms with Gasteiger partial charge < -0.3 is 5.32 Å². The van der Waals surface area contributed by atoms with Gasteiger partial charge in [0.2, 0.25) is 0 Å². The predicted octanol–water partition coefficient (Wildman–Crippen LogP) is 4.19. The summed E-state index contributed by atoms with van der Waals surface area (Å²) in [5.74, 6) is 1.05. The topological polar surface area (TPSA) is 50.7 Å². The molecule has 0 aliphatic rings. The Hall–Kier alpha value is -1.20. The lowest BCUT2D eigenvalue weighted by Gasteiger charge is -2.17. The van der Waals surface area contributed by atoms with Crippen LogP contribution in [0, 0.1) is 6.92 Å². The summed E-state index contributed by atoms with van der Waals surface area (Å²) >= 11 is 7.84. The molecule has 1 N–H and O–H groups in total. The molecule has 1 atom stereocenters. The first-order chi connectivity index (χ1) is 8.99. The Bertz CT molecular complexity index is 568. The van der Waals surface area contributed by atoms with Crippen molar-refractivity contribution in [1.82, 2.24) is 15.0 Å². The highest BCUT2D eigenvalue weighted by molar-refractivity contribution is 7.11.